The molecule has 3 rings (SSSR count). The number of hydrogen-bond acceptors (Lipinski definition) is 6. The number of likely N-dealkylation sites (N-methyl/N-ethyl adjacent to an activating group) is 1. The zero-order valence-corrected chi connectivity index (χ0v) is 17.5. The first-order chi connectivity index (χ1) is 14.9. The molecular weight excluding hydrogens is 398 g/mol. The molecule has 1 heterocycles. The quantitative estimate of drug-likeness (QED) is 0.230. The molecule has 1 atom stereocenters. The lowest BCUT2D eigenvalue weighted by Gasteiger charge is -2.28. The summed E-state index contributed by atoms with van der Waals surface area (Å²) >= 11 is 0. The van der Waals surface area contributed by atoms with Gasteiger partial charge in [0.15, 0.2) is 0 Å². The second-order valence-electron chi connectivity index (χ2n) is 7.20. The number of nitro benzene ring substituents is 1. The minimum Gasteiger partial charge on any atom is -0.507 e. The largest absolute Gasteiger partial charge is 0.507 e. The zero-order valence-electron chi connectivity index (χ0n) is 17.5. The molecule has 162 valence electrons. The molecule has 8 heteroatoms. The Morgan fingerprint density at radius 1 is 1.06 bits per heavy atom. The summed E-state index contributed by atoms with van der Waals surface area (Å²) in [7, 11) is 0. The van der Waals surface area contributed by atoms with Gasteiger partial charge in [0.05, 0.1) is 22.1 Å². The third-order valence-corrected chi connectivity index (χ3v) is 5.57. The molecule has 0 aromatic heterocycles. The van der Waals surface area contributed by atoms with Gasteiger partial charge in [0.25, 0.3) is 17.4 Å². The first kappa shape index (κ1) is 22.2. The van der Waals surface area contributed by atoms with Gasteiger partial charge in [0, 0.05) is 24.7 Å². The fourth-order valence-corrected chi connectivity index (χ4v) is 3.86. The molecular formula is C23H25N3O5. The number of benzene rings is 2. The van der Waals surface area contributed by atoms with Crippen LogP contribution in [-0.2, 0) is 9.59 Å². The Hall–Kier alpha value is -3.52. The van der Waals surface area contributed by atoms with Crippen molar-refractivity contribution in [3.05, 3.63) is 81.4 Å². The highest BCUT2D eigenvalue weighted by atomic mass is 16.6. The van der Waals surface area contributed by atoms with Crippen LogP contribution < -0.4 is 0 Å². The highest BCUT2D eigenvalue weighted by molar-refractivity contribution is 6.46. The minimum absolute atomic E-state index is 0.134. The number of Topliss-reactive ketones (excluding diaryl/α,β-unsaturated/α-hetero) is 1. The molecule has 0 spiro atoms. The van der Waals surface area contributed by atoms with E-state index in [1.165, 1.54) is 23.1 Å². The number of nitro groups is 1. The number of ketones is 1. The van der Waals surface area contributed by atoms with Crippen molar-refractivity contribution >= 4 is 23.1 Å². The van der Waals surface area contributed by atoms with Crippen LogP contribution in [0, 0.1) is 10.1 Å². The molecule has 2 aromatic carbocycles. The molecule has 1 aliphatic rings. The molecule has 1 amide bonds. The number of rotatable bonds is 8. The molecule has 31 heavy (non-hydrogen) atoms. The van der Waals surface area contributed by atoms with Crippen molar-refractivity contribution in [1.82, 2.24) is 9.80 Å². The third kappa shape index (κ3) is 4.34. The summed E-state index contributed by atoms with van der Waals surface area (Å²) in [5.41, 5.74) is 0.225. The van der Waals surface area contributed by atoms with E-state index in [1.54, 1.807) is 36.4 Å². The SMILES string of the molecule is CCN(CC)CCN1C(=O)C(=O)C(=C(O)c2ccccc2)[C@@H]1c1ccccc1[N+](=O)[O-]. The Morgan fingerprint density at radius 2 is 1.68 bits per heavy atom. The van der Waals surface area contributed by atoms with E-state index in [1.807, 2.05) is 13.8 Å². The van der Waals surface area contributed by atoms with Crippen LogP contribution in [0.4, 0.5) is 5.69 Å². The molecule has 0 radical (unpaired) electrons. The summed E-state index contributed by atoms with van der Waals surface area (Å²) in [4.78, 5) is 40.5. The van der Waals surface area contributed by atoms with Gasteiger partial charge in [-0.15, -0.1) is 0 Å². The van der Waals surface area contributed by atoms with E-state index >= 15 is 0 Å². The molecule has 0 saturated carbocycles. The van der Waals surface area contributed by atoms with E-state index in [0.717, 1.165) is 13.1 Å². The molecule has 1 saturated heterocycles. The van der Waals surface area contributed by atoms with Crippen LogP contribution >= 0.6 is 0 Å². The van der Waals surface area contributed by atoms with E-state index < -0.39 is 22.7 Å². The van der Waals surface area contributed by atoms with Crippen LogP contribution in [0.5, 0.6) is 0 Å². The van der Waals surface area contributed by atoms with Gasteiger partial charge in [-0.2, -0.15) is 0 Å². The summed E-state index contributed by atoms with van der Waals surface area (Å²) in [6.07, 6.45) is 0. The normalized spacial score (nSPS) is 18.0. The van der Waals surface area contributed by atoms with Crippen LogP contribution in [0.1, 0.15) is 31.0 Å². The fraction of sp³-hybridized carbons (Fsp3) is 0.304. The van der Waals surface area contributed by atoms with E-state index in [-0.39, 0.29) is 29.1 Å². The predicted octanol–water partition coefficient (Wildman–Crippen LogP) is 3.36. The number of aliphatic hydroxyl groups is 1. The lowest BCUT2D eigenvalue weighted by molar-refractivity contribution is -0.385. The number of likely N-dealkylation sites (tertiary alicyclic amines) is 1. The van der Waals surface area contributed by atoms with Gasteiger partial charge in [-0.3, -0.25) is 19.7 Å². The number of amides is 1. The molecule has 1 N–H and O–H groups in total. The van der Waals surface area contributed by atoms with Crippen LogP contribution in [0.25, 0.3) is 5.76 Å². The topological polar surface area (TPSA) is 104 Å². The van der Waals surface area contributed by atoms with Crippen molar-refractivity contribution in [2.75, 3.05) is 26.2 Å². The highest BCUT2D eigenvalue weighted by Crippen LogP contribution is 2.42. The third-order valence-electron chi connectivity index (χ3n) is 5.57. The predicted molar refractivity (Wildman–Crippen MR) is 116 cm³/mol. The van der Waals surface area contributed by atoms with Gasteiger partial charge in [-0.25, -0.2) is 0 Å². The summed E-state index contributed by atoms with van der Waals surface area (Å²) in [6, 6.07) is 13.4. The van der Waals surface area contributed by atoms with Crippen LogP contribution in [0.2, 0.25) is 0 Å². The molecule has 2 aromatic rings. The maximum atomic E-state index is 13.0. The van der Waals surface area contributed by atoms with E-state index in [4.69, 9.17) is 0 Å². The Morgan fingerprint density at radius 3 is 2.29 bits per heavy atom. The maximum absolute atomic E-state index is 13.0. The van der Waals surface area contributed by atoms with Crippen molar-refractivity contribution in [3.63, 3.8) is 0 Å². The lowest BCUT2D eigenvalue weighted by atomic mass is 9.94. The number of nitrogens with zero attached hydrogens (tertiary/aromatic N) is 3. The average Bonchev–Trinajstić information content (AvgIpc) is 3.04. The van der Waals surface area contributed by atoms with Crippen molar-refractivity contribution in [1.29, 1.82) is 0 Å². The van der Waals surface area contributed by atoms with Gasteiger partial charge < -0.3 is 14.9 Å². The van der Waals surface area contributed by atoms with Crippen LogP contribution in [0.3, 0.4) is 0 Å². The summed E-state index contributed by atoms with van der Waals surface area (Å²) in [5, 5.41) is 22.6. The Balaban J connectivity index is 2.17. The smallest absolute Gasteiger partial charge is 0.295 e. The molecule has 1 aliphatic heterocycles. The second-order valence-corrected chi connectivity index (χ2v) is 7.20. The number of para-hydroxylation sites is 1. The zero-order chi connectivity index (χ0) is 22.5. The van der Waals surface area contributed by atoms with Crippen molar-refractivity contribution in [2.45, 2.75) is 19.9 Å². The van der Waals surface area contributed by atoms with Crippen molar-refractivity contribution < 1.29 is 19.6 Å². The summed E-state index contributed by atoms with van der Waals surface area (Å²) in [6.45, 7) is 6.22. The molecule has 8 nitrogen and oxygen atoms in total. The summed E-state index contributed by atoms with van der Waals surface area (Å²) < 4.78 is 0. The number of hydrogen-bond donors (Lipinski definition) is 1. The average molecular weight is 423 g/mol. The van der Waals surface area contributed by atoms with Crippen LogP contribution in [0.15, 0.2) is 60.2 Å². The van der Waals surface area contributed by atoms with E-state index in [0.29, 0.717) is 12.1 Å². The van der Waals surface area contributed by atoms with Crippen molar-refractivity contribution in [3.8, 4) is 0 Å². The standard InChI is InChI=1S/C23H25N3O5/c1-3-24(4-2)14-15-25-20(17-12-8-9-13-18(17)26(30)31)19(22(28)23(25)29)21(27)16-10-6-5-7-11-16/h5-13,20,27H,3-4,14-15H2,1-2H3/t20-/m0/s1. The Kier molecular flexibility index (Phi) is 6.81. The highest BCUT2D eigenvalue weighted by Gasteiger charge is 2.47. The van der Waals surface area contributed by atoms with E-state index in [9.17, 15) is 24.8 Å². The maximum Gasteiger partial charge on any atom is 0.295 e. The molecule has 0 bridgehead atoms. The number of carbonyl (C=O) groups is 2. The van der Waals surface area contributed by atoms with E-state index in [2.05, 4.69) is 4.90 Å². The van der Waals surface area contributed by atoms with Gasteiger partial charge in [0.1, 0.15) is 5.76 Å². The first-order valence-corrected chi connectivity index (χ1v) is 10.2. The Labute approximate surface area is 180 Å². The van der Waals surface area contributed by atoms with Crippen molar-refractivity contribution in [2.24, 2.45) is 0 Å². The van der Waals surface area contributed by atoms with Gasteiger partial charge in [-0.05, 0) is 19.2 Å². The number of carbonyl (C=O) groups excluding carboxylic acids is 2. The summed E-state index contributed by atoms with van der Waals surface area (Å²) in [5.74, 6) is -1.95. The van der Waals surface area contributed by atoms with Gasteiger partial charge >= 0.3 is 0 Å². The van der Waals surface area contributed by atoms with Crippen LogP contribution in [-0.4, -0.2) is 57.7 Å². The minimum atomic E-state index is -1.04. The fourth-order valence-electron chi connectivity index (χ4n) is 3.86. The lowest BCUT2D eigenvalue weighted by Crippen LogP contribution is -2.38. The first-order valence-electron chi connectivity index (χ1n) is 10.2. The molecule has 0 unspecified atom stereocenters. The monoisotopic (exact) mass is 423 g/mol. The van der Waals surface area contributed by atoms with Gasteiger partial charge in [0.2, 0.25) is 0 Å². The molecule has 0 aliphatic carbocycles. The van der Waals surface area contributed by atoms with Gasteiger partial charge in [-0.1, -0.05) is 56.3 Å². The molecule has 1 fully saturated rings. The number of aliphatic hydroxyl groups excluding tert-OH is 1. The Bertz CT molecular complexity index is 1010. The second kappa shape index (κ2) is 9.53.